The summed E-state index contributed by atoms with van der Waals surface area (Å²) in [6, 6.07) is 9.16. The number of nitro groups is 1. The molecule has 10 nitrogen and oxygen atoms in total. The highest BCUT2D eigenvalue weighted by Crippen LogP contribution is 2.34. The second-order valence-electron chi connectivity index (χ2n) is 5.53. The Balaban J connectivity index is 2.09. The molecular formula is C18H17N4O6-. The number of aryl methyl sites for hydroxylation is 1. The zero-order valence-electron chi connectivity index (χ0n) is 15.1. The largest absolute Gasteiger partial charge is 0.865 e. The third-order valence-electron chi connectivity index (χ3n) is 3.53. The Morgan fingerprint density at radius 3 is 2.61 bits per heavy atom. The van der Waals surface area contributed by atoms with Crippen molar-refractivity contribution in [3.63, 3.8) is 0 Å². The van der Waals surface area contributed by atoms with E-state index in [4.69, 9.17) is 4.74 Å². The summed E-state index contributed by atoms with van der Waals surface area (Å²) < 4.78 is 5.08. The van der Waals surface area contributed by atoms with Crippen LogP contribution in [-0.4, -0.2) is 29.6 Å². The van der Waals surface area contributed by atoms with Gasteiger partial charge in [0.25, 0.3) is 5.69 Å². The number of hydrazone groups is 1. The van der Waals surface area contributed by atoms with E-state index in [9.17, 15) is 24.8 Å². The molecule has 0 atom stereocenters. The predicted molar refractivity (Wildman–Crippen MR) is 99.3 cm³/mol. The molecule has 2 rings (SSSR count). The first-order valence-electron chi connectivity index (χ1n) is 8.15. The smallest absolute Gasteiger partial charge is 0.329 e. The van der Waals surface area contributed by atoms with Crippen LogP contribution < -0.4 is 20.6 Å². The molecule has 2 N–H and O–H groups in total. The Morgan fingerprint density at radius 2 is 1.96 bits per heavy atom. The summed E-state index contributed by atoms with van der Waals surface area (Å²) in [5.74, 6) is -3.02. The van der Waals surface area contributed by atoms with E-state index in [2.05, 4.69) is 10.4 Å². The molecule has 146 valence electrons. The first-order chi connectivity index (χ1) is 13.3. The number of carbonyl (C=O) groups excluding carboxylic acids is 2. The maximum absolute atomic E-state index is 11.9. The van der Waals surface area contributed by atoms with E-state index in [-0.39, 0.29) is 17.9 Å². The minimum atomic E-state index is -1.03. The van der Waals surface area contributed by atoms with Crippen molar-refractivity contribution in [1.82, 2.24) is 5.43 Å². The molecule has 28 heavy (non-hydrogen) atoms. The van der Waals surface area contributed by atoms with Gasteiger partial charge in [-0.15, -0.1) is 0 Å². The van der Waals surface area contributed by atoms with E-state index in [1.807, 2.05) is 5.43 Å². The fourth-order valence-corrected chi connectivity index (χ4v) is 2.19. The highest BCUT2D eigenvalue weighted by Gasteiger charge is 2.15. The van der Waals surface area contributed by atoms with Crippen molar-refractivity contribution < 1.29 is 24.4 Å². The van der Waals surface area contributed by atoms with Gasteiger partial charge in [0.1, 0.15) is 5.75 Å². The van der Waals surface area contributed by atoms with Crippen LogP contribution in [0.3, 0.4) is 0 Å². The highest BCUT2D eigenvalue weighted by atomic mass is 16.6. The van der Waals surface area contributed by atoms with Crippen LogP contribution in [0.1, 0.15) is 18.1 Å². The summed E-state index contributed by atoms with van der Waals surface area (Å²) >= 11 is 0. The van der Waals surface area contributed by atoms with Crippen molar-refractivity contribution in [2.75, 3.05) is 11.9 Å². The van der Waals surface area contributed by atoms with Crippen molar-refractivity contribution in [2.24, 2.45) is 5.10 Å². The number of nitro benzene ring substituents is 1. The molecule has 0 saturated carbocycles. The van der Waals surface area contributed by atoms with Gasteiger partial charge in [0.2, 0.25) is 0 Å². The number of benzene rings is 2. The van der Waals surface area contributed by atoms with Gasteiger partial charge in [-0.25, -0.2) is 5.43 Å². The average molecular weight is 385 g/mol. The lowest BCUT2D eigenvalue weighted by molar-refractivity contribution is -0.398. The minimum Gasteiger partial charge on any atom is -0.865 e. The highest BCUT2D eigenvalue weighted by molar-refractivity contribution is 6.39. The molecule has 0 fully saturated rings. The Hall–Kier alpha value is -3.95. The zero-order valence-corrected chi connectivity index (χ0v) is 15.1. The van der Waals surface area contributed by atoms with Crippen molar-refractivity contribution in [3.8, 4) is 11.5 Å². The lowest BCUT2D eigenvalue weighted by Gasteiger charge is -2.14. The molecule has 0 saturated heterocycles. The normalized spacial score (nSPS) is 10.5. The molecular weight excluding hydrogens is 368 g/mol. The van der Waals surface area contributed by atoms with Crippen LogP contribution in [0, 0.1) is 17.0 Å². The summed E-state index contributed by atoms with van der Waals surface area (Å²) in [6.45, 7) is 3.54. The molecule has 0 heterocycles. The molecule has 0 aliphatic rings. The Bertz CT molecular complexity index is 942. The van der Waals surface area contributed by atoms with Gasteiger partial charge in [0.05, 0.1) is 17.7 Å². The second-order valence-corrected chi connectivity index (χ2v) is 5.53. The first kappa shape index (κ1) is 20.4. The molecule has 0 aliphatic carbocycles. The third-order valence-corrected chi connectivity index (χ3v) is 3.53. The van der Waals surface area contributed by atoms with Crippen molar-refractivity contribution in [3.05, 3.63) is 57.6 Å². The SMILES string of the molecule is CCOc1cc(/C=N\NC(=O)C(=O)Nc2ccccc2C)cc([N+](=O)[O-])c1[O-]. The lowest BCUT2D eigenvalue weighted by Crippen LogP contribution is -2.32. The molecule has 2 amide bonds. The molecule has 0 aliphatic heterocycles. The average Bonchev–Trinajstić information content (AvgIpc) is 2.65. The van der Waals surface area contributed by atoms with Gasteiger partial charge in [-0.2, -0.15) is 5.10 Å². The molecule has 2 aromatic carbocycles. The molecule has 0 spiro atoms. The van der Waals surface area contributed by atoms with Gasteiger partial charge in [0.15, 0.2) is 0 Å². The van der Waals surface area contributed by atoms with Crippen LogP contribution >= 0.6 is 0 Å². The number of para-hydroxylation sites is 1. The standard InChI is InChI=1S/C18H18N4O6/c1-3-28-15-9-12(8-14(16(15)23)22(26)27)10-19-21-18(25)17(24)20-13-7-5-4-6-11(13)2/h4-10,23H,3H2,1-2H3,(H,20,24)(H,21,25)/p-1/b19-10-. The number of rotatable bonds is 6. The number of hydrogen-bond donors (Lipinski definition) is 2. The Labute approximate surface area is 160 Å². The fraction of sp³-hybridized carbons (Fsp3) is 0.167. The number of anilines is 1. The van der Waals surface area contributed by atoms with Gasteiger partial charge in [-0.1, -0.05) is 18.2 Å². The number of nitrogens with zero attached hydrogens (tertiary/aromatic N) is 2. The number of hydrogen-bond acceptors (Lipinski definition) is 7. The predicted octanol–water partition coefficient (Wildman–Crippen LogP) is 1.46. The third kappa shape index (κ3) is 5.04. The number of amides is 2. The van der Waals surface area contributed by atoms with Crippen molar-refractivity contribution >= 4 is 29.4 Å². The van der Waals surface area contributed by atoms with E-state index < -0.39 is 28.2 Å². The summed E-state index contributed by atoms with van der Waals surface area (Å²) in [5.41, 5.74) is 2.74. The Kier molecular flexibility index (Phi) is 6.63. The minimum absolute atomic E-state index is 0.142. The Morgan fingerprint density at radius 1 is 1.25 bits per heavy atom. The van der Waals surface area contributed by atoms with E-state index in [0.717, 1.165) is 17.8 Å². The molecule has 0 aromatic heterocycles. The number of nitrogens with one attached hydrogen (secondary N) is 2. The van der Waals surface area contributed by atoms with Gasteiger partial charge in [0, 0.05) is 23.1 Å². The number of ether oxygens (including phenoxy) is 1. The van der Waals surface area contributed by atoms with Crippen LogP contribution in [0.4, 0.5) is 11.4 Å². The van der Waals surface area contributed by atoms with Crippen LogP contribution in [0.2, 0.25) is 0 Å². The summed E-state index contributed by atoms with van der Waals surface area (Å²) in [7, 11) is 0. The molecule has 0 unspecified atom stereocenters. The van der Waals surface area contributed by atoms with Crippen LogP contribution in [-0.2, 0) is 9.59 Å². The monoisotopic (exact) mass is 385 g/mol. The summed E-state index contributed by atoms with van der Waals surface area (Å²) in [4.78, 5) is 33.9. The lowest BCUT2D eigenvalue weighted by atomic mass is 10.2. The van der Waals surface area contributed by atoms with Crippen molar-refractivity contribution in [1.29, 1.82) is 0 Å². The maximum atomic E-state index is 11.9. The van der Waals surface area contributed by atoms with Crippen molar-refractivity contribution in [2.45, 2.75) is 13.8 Å². The maximum Gasteiger partial charge on any atom is 0.329 e. The van der Waals surface area contributed by atoms with E-state index in [1.165, 1.54) is 6.07 Å². The summed E-state index contributed by atoms with van der Waals surface area (Å²) in [5, 5.41) is 28.9. The van der Waals surface area contributed by atoms with Gasteiger partial charge in [-0.3, -0.25) is 19.7 Å². The van der Waals surface area contributed by atoms with E-state index in [1.54, 1.807) is 38.1 Å². The van der Waals surface area contributed by atoms with Gasteiger partial charge >= 0.3 is 11.8 Å². The second kappa shape index (κ2) is 9.12. The van der Waals surface area contributed by atoms with Crippen LogP contribution in [0.15, 0.2) is 41.5 Å². The van der Waals surface area contributed by atoms with E-state index in [0.29, 0.717) is 5.69 Å². The molecule has 0 radical (unpaired) electrons. The van der Waals surface area contributed by atoms with Gasteiger partial charge < -0.3 is 15.2 Å². The van der Waals surface area contributed by atoms with E-state index >= 15 is 0 Å². The summed E-state index contributed by atoms with van der Waals surface area (Å²) in [6.07, 6.45) is 1.06. The quantitative estimate of drug-likeness (QED) is 0.333. The molecule has 2 aromatic rings. The van der Waals surface area contributed by atoms with Crippen LogP contribution in [0.25, 0.3) is 0 Å². The fourth-order valence-electron chi connectivity index (χ4n) is 2.19. The topological polar surface area (TPSA) is 146 Å². The van der Waals surface area contributed by atoms with Crippen LogP contribution in [0.5, 0.6) is 11.5 Å². The molecule has 10 heteroatoms. The zero-order chi connectivity index (χ0) is 20.7. The van der Waals surface area contributed by atoms with Gasteiger partial charge in [-0.05, 0) is 31.5 Å². The first-order valence-corrected chi connectivity index (χ1v) is 8.15. The number of carbonyl (C=O) groups is 2. The molecule has 0 bridgehead atoms.